The van der Waals surface area contributed by atoms with Crippen LogP contribution >= 0.6 is 0 Å². The zero-order valence-electron chi connectivity index (χ0n) is 19.7. The van der Waals surface area contributed by atoms with E-state index in [0.29, 0.717) is 24.3 Å². The fourth-order valence-corrected chi connectivity index (χ4v) is 4.88. The molecule has 8 heteroatoms. The summed E-state index contributed by atoms with van der Waals surface area (Å²) in [5.74, 6) is 0.286. The Morgan fingerprint density at radius 2 is 1.88 bits per heavy atom. The topological polar surface area (TPSA) is 111 Å². The first kappa shape index (κ1) is 23.5. The molecule has 3 aromatic heterocycles. The van der Waals surface area contributed by atoms with Crippen molar-refractivity contribution in [3.05, 3.63) is 88.1 Å². The number of fused-ring (bicyclic) bond motifs is 1. The van der Waals surface area contributed by atoms with Crippen molar-refractivity contribution in [2.24, 2.45) is 0 Å². The van der Waals surface area contributed by atoms with E-state index in [1.165, 1.54) is 0 Å². The summed E-state index contributed by atoms with van der Waals surface area (Å²) >= 11 is 0. The molecule has 0 aliphatic rings. The normalized spacial score (nSPS) is 12.0. The minimum absolute atomic E-state index is 0.185. The van der Waals surface area contributed by atoms with Crippen molar-refractivity contribution in [1.82, 2.24) is 20.3 Å². The molecule has 1 amide bonds. The van der Waals surface area contributed by atoms with E-state index in [2.05, 4.69) is 26.3 Å². The number of anilines is 1. The van der Waals surface area contributed by atoms with Gasteiger partial charge in [-0.15, -0.1) is 0 Å². The highest BCUT2D eigenvalue weighted by atomic mass is 32.2. The number of aromatic nitrogens is 3. The largest absolute Gasteiger partial charge is 0.384 e. The van der Waals surface area contributed by atoms with Crippen molar-refractivity contribution in [3.63, 3.8) is 0 Å². The zero-order chi connectivity index (χ0) is 24.4. The van der Waals surface area contributed by atoms with Gasteiger partial charge >= 0.3 is 0 Å². The number of carbonyl (C=O) groups excluding carboxylic acids is 1. The molecule has 7 nitrogen and oxygen atoms in total. The average Bonchev–Trinajstić information content (AvgIpc) is 2.77. The Bertz CT molecular complexity index is 1410. The molecule has 4 rings (SSSR count). The van der Waals surface area contributed by atoms with Crippen LogP contribution in [0.1, 0.15) is 44.1 Å². The summed E-state index contributed by atoms with van der Waals surface area (Å²) in [7, 11) is -1.15. The van der Waals surface area contributed by atoms with Gasteiger partial charge in [-0.05, 0) is 73.2 Å². The molecule has 1 aromatic carbocycles. The molecule has 0 aliphatic carbocycles. The molecule has 0 saturated carbocycles. The molecule has 4 aromatic rings. The van der Waals surface area contributed by atoms with Crippen LogP contribution in [0.5, 0.6) is 0 Å². The molecule has 0 aliphatic heterocycles. The fourth-order valence-electron chi connectivity index (χ4n) is 4.08. The molecule has 0 bridgehead atoms. The molecule has 1 atom stereocenters. The highest BCUT2D eigenvalue weighted by molar-refractivity contribution is 7.84. The van der Waals surface area contributed by atoms with Gasteiger partial charge in [0.2, 0.25) is 0 Å². The number of amides is 1. The van der Waals surface area contributed by atoms with Gasteiger partial charge in [0.1, 0.15) is 5.82 Å². The standard InChI is InChI=1S/C26H27N5O2S/c1-15-7-25(27)31-17(3)22(15)13-30-26(32)19-5-6-28-21(12-19)10-18-9-20-8-16(2)29-14-23(20)24(11-18)34(4)33/h5-9,11-12,14H,10,13H2,1-4H3,(H2,27,31)(H,30,32). The second kappa shape index (κ2) is 9.69. The first-order chi connectivity index (χ1) is 16.2. The van der Waals surface area contributed by atoms with E-state index in [-0.39, 0.29) is 5.91 Å². The van der Waals surface area contributed by atoms with E-state index in [9.17, 15) is 9.00 Å². The Labute approximate surface area is 201 Å². The average molecular weight is 474 g/mol. The molecule has 34 heavy (non-hydrogen) atoms. The lowest BCUT2D eigenvalue weighted by molar-refractivity contribution is 0.0950. The summed E-state index contributed by atoms with van der Waals surface area (Å²) in [6, 6.07) is 11.3. The van der Waals surface area contributed by atoms with Crippen LogP contribution in [0.15, 0.2) is 53.7 Å². The molecule has 0 radical (unpaired) electrons. The highest BCUT2D eigenvalue weighted by Crippen LogP contribution is 2.25. The van der Waals surface area contributed by atoms with Crippen LogP contribution in [-0.2, 0) is 23.8 Å². The predicted molar refractivity (Wildman–Crippen MR) is 135 cm³/mol. The van der Waals surface area contributed by atoms with Crippen LogP contribution in [0.3, 0.4) is 0 Å². The van der Waals surface area contributed by atoms with Crippen LogP contribution in [0.2, 0.25) is 0 Å². The second-order valence-electron chi connectivity index (χ2n) is 8.42. The Morgan fingerprint density at radius 1 is 1.09 bits per heavy atom. The van der Waals surface area contributed by atoms with Gasteiger partial charge in [-0.1, -0.05) is 6.07 Å². The lowest BCUT2D eigenvalue weighted by Gasteiger charge is -2.12. The molecule has 0 fully saturated rings. The lowest BCUT2D eigenvalue weighted by atomic mass is 10.0. The Morgan fingerprint density at radius 3 is 2.62 bits per heavy atom. The minimum atomic E-state index is -1.15. The highest BCUT2D eigenvalue weighted by Gasteiger charge is 2.13. The second-order valence-corrected chi connectivity index (χ2v) is 9.77. The van der Waals surface area contributed by atoms with Gasteiger partial charge in [-0.25, -0.2) is 4.98 Å². The maximum atomic E-state index is 12.8. The monoisotopic (exact) mass is 473 g/mol. The molecule has 3 N–H and O–H groups in total. The summed E-state index contributed by atoms with van der Waals surface area (Å²) < 4.78 is 12.4. The third-order valence-corrected chi connectivity index (χ3v) is 6.73. The number of carbonyl (C=O) groups is 1. The third kappa shape index (κ3) is 5.12. The Hall–Kier alpha value is -3.65. The zero-order valence-corrected chi connectivity index (χ0v) is 20.5. The molecular weight excluding hydrogens is 446 g/mol. The maximum Gasteiger partial charge on any atom is 0.251 e. The van der Waals surface area contributed by atoms with Gasteiger partial charge in [-0.3, -0.25) is 19.0 Å². The number of hydrogen-bond donors (Lipinski definition) is 2. The first-order valence-electron chi connectivity index (χ1n) is 10.9. The van der Waals surface area contributed by atoms with E-state index in [0.717, 1.165) is 49.4 Å². The number of nitrogens with zero attached hydrogens (tertiary/aromatic N) is 3. The van der Waals surface area contributed by atoms with Gasteiger partial charge in [-0.2, -0.15) is 0 Å². The SMILES string of the molecule is Cc1cc2cc(Cc3cc(C(=O)NCc4c(C)cc(N)nc4C)ccn3)cc(S(C)=O)c2cn1. The number of aryl methyl sites for hydroxylation is 3. The van der Waals surface area contributed by atoms with E-state index >= 15 is 0 Å². The summed E-state index contributed by atoms with van der Waals surface area (Å²) in [5.41, 5.74) is 11.7. The van der Waals surface area contributed by atoms with Crippen LogP contribution in [0, 0.1) is 20.8 Å². The smallest absolute Gasteiger partial charge is 0.251 e. The van der Waals surface area contributed by atoms with E-state index < -0.39 is 10.8 Å². The lowest BCUT2D eigenvalue weighted by Crippen LogP contribution is -2.24. The van der Waals surface area contributed by atoms with E-state index in [1.807, 2.05) is 32.9 Å². The van der Waals surface area contributed by atoms with Gasteiger partial charge < -0.3 is 11.1 Å². The van der Waals surface area contributed by atoms with E-state index in [1.54, 1.807) is 36.8 Å². The Balaban J connectivity index is 1.55. The maximum absolute atomic E-state index is 12.8. The van der Waals surface area contributed by atoms with Crippen LogP contribution in [-0.4, -0.2) is 31.3 Å². The molecule has 0 saturated heterocycles. The minimum Gasteiger partial charge on any atom is -0.384 e. The van der Waals surface area contributed by atoms with Gasteiger partial charge in [0.15, 0.2) is 0 Å². The number of nitrogens with two attached hydrogens (primary N) is 1. The van der Waals surface area contributed by atoms with Crippen LogP contribution in [0.4, 0.5) is 5.82 Å². The number of nitrogen functional groups attached to an aromatic ring is 1. The number of rotatable bonds is 6. The summed E-state index contributed by atoms with van der Waals surface area (Å²) in [4.78, 5) is 26.7. The Kier molecular flexibility index (Phi) is 6.70. The van der Waals surface area contributed by atoms with Crippen molar-refractivity contribution < 1.29 is 9.00 Å². The summed E-state index contributed by atoms with van der Waals surface area (Å²) in [6.07, 6.45) is 5.60. The van der Waals surface area contributed by atoms with Crippen LogP contribution < -0.4 is 11.1 Å². The fraction of sp³-hybridized carbons (Fsp3) is 0.231. The third-order valence-electron chi connectivity index (χ3n) is 5.77. The summed E-state index contributed by atoms with van der Waals surface area (Å²) in [6.45, 7) is 6.14. The molecule has 3 heterocycles. The van der Waals surface area contributed by atoms with Crippen molar-refractivity contribution in [1.29, 1.82) is 0 Å². The van der Waals surface area contributed by atoms with Crippen molar-refractivity contribution in [2.75, 3.05) is 12.0 Å². The molecule has 174 valence electrons. The quantitative estimate of drug-likeness (QED) is 0.441. The van der Waals surface area contributed by atoms with Gasteiger partial charge in [0.05, 0.1) is 10.8 Å². The number of hydrogen-bond acceptors (Lipinski definition) is 6. The number of nitrogens with one attached hydrogen (secondary N) is 1. The van der Waals surface area contributed by atoms with Crippen molar-refractivity contribution in [2.45, 2.75) is 38.6 Å². The summed E-state index contributed by atoms with van der Waals surface area (Å²) in [5, 5.41) is 4.85. The first-order valence-corrected chi connectivity index (χ1v) is 12.5. The van der Waals surface area contributed by atoms with E-state index in [4.69, 9.17) is 5.73 Å². The van der Waals surface area contributed by atoms with Crippen molar-refractivity contribution in [3.8, 4) is 0 Å². The number of benzene rings is 1. The van der Waals surface area contributed by atoms with Crippen LogP contribution in [0.25, 0.3) is 10.8 Å². The molecule has 1 unspecified atom stereocenters. The molecular formula is C26H27N5O2S. The van der Waals surface area contributed by atoms with Gasteiger partial charge in [0.25, 0.3) is 5.91 Å². The van der Waals surface area contributed by atoms with Crippen molar-refractivity contribution >= 4 is 33.3 Å². The molecule has 0 spiro atoms. The predicted octanol–water partition coefficient (Wildman–Crippen LogP) is 3.79. The van der Waals surface area contributed by atoms with Gasteiger partial charge in [0, 0.05) is 64.5 Å². The number of pyridine rings is 3.